The van der Waals surface area contributed by atoms with Gasteiger partial charge in [0.05, 0.1) is 12.1 Å². The van der Waals surface area contributed by atoms with Crippen molar-refractivity contribution in [1.29, 1.82) is 0 Å². The average Bonchev–Trinajstić information content (AvgIpc) is 2.62. The molecule has 4 rings (SSSR count). The summed E-state index contributed by atoms with van der Waals surface area (Å²) >= 11 is 0. The minimum Gasteiger partial charge on any atom is -0.396 e. The Kier molecular flexibility index (Phi) is 3.40. The van der Waals surface area contributed by atoms with Crippen LogP contribution in [-0.4, -0.2) is 18.3 Å². The number of aryl methyl sites for hydroxylation is 2. The first kappa shape index (κ1) is 14.7. The van der Waals surface area contributed by atoms with Crippen molar-refractivity contribution < 1.29 is 5.11 Å². The molecule has 0 radical (unpaired) electrons. The van der Waals surface area contributed by atoms with Gasteiger partial charge in [-0.25, -0.2) is 0 Å². The van der Waals surface area contributed by atoms with Gasteiger partial charge in [-0.2, -0.15) is 0 Å². The number of rotatable bonds is 2. The average molecular weight is 305 g/mol. The summed E-state index contributed by atoms with van der Waals surface area (Å²) < 4.78 is 0. The van der Waals surface area contributed by atoms with Crippen molar-refractivity contribution in [3.05, 3.63) is 82.4 Å². The summed E-state index contributed by atoms with van der Waals surface area (Å²) in [5, 5.41) is 13.7. The number of fused-ring (bicyclic) bond motifs is 3. The van der Waals surface area contributed by atoms with Crippen LogP contribution in [0.1, 0.15) is 39.7 Å². The lowest BCUT2D eigenvalue weighted by atomic mass is 9.65. The lowest BCUT2D eigenvalue weighted by Gasteiger charge is -2.45. The van der Waals surface area contributed by atoms with Crippen LogP contribution in [0.25, 0.3) is 0 Å². The Bertz CT molecular complexity index is 765. The second-order valence-corrected chi connectivity index (χ2v) is 6.92. The Morgan fingerprint density at radius 1 is 1.17 bits per heavy atom. The minimum absolute atomic E-state index is 0.139. The van der Waals surface area contributed by atoms with Gasteiger partial charge in [-0.1, -0.05) is 60.2 Å². The molecule has 0 fully saturated rings. The molecule has 0 amide bonds. The highest BCUT2D eigenvalue weighted by atomic mass is 16.3. The number of nitrogens with one attached hydrogen (secondary N) is 1. The zero-order chi connectivity index (χ0) is 16.0. The van der Waals surface area contributed by atoms with E-state index in [1.165, 1.54) is 27.8 Å². The van der Waals surface area contributed by atoms with Gasteiger partial charge in [0.1, 0.15) is 0 Å². The van der Waals surface area contributed by atoms with Gasteiger partial charge in [0, 0.05) is 18.4 Å². The van der Waals surface area contributed by atoms with Crippen LogP contribution < -0.4 is 5.32 Å². The molecule has 2 N–H and O–H groups in total. The largest absolute Gasteiger partial charge is 0.396 e. The maximum Gasteiger partial charge on any atom is 0.0725 e. The van der Waals surface area contributed by atoms with Gasteiger partial charge in [0.25, 0.3) is 0 Å². The van der Waals surface area contributed by atoms with Gasteiger partial charge in [0.2, 0.25) is 0 Å². The summed E-state index contributed by atoms with van der Waals surface area (Å²) in [5.41, 5.74) is 6.47. The first-order chi connectivity index (χ1) is 11.2. The maximum absolute atomic E-state index is 9.93. The Morgan fingerprint density at radius 2 is 1.96 bits per heavy atom. The first-order valence-corrected chi connectivity index (χ1v) is 8.37. The van der Waals surface area contributed by atoms with E-state index in [0.717, 1.165) is 6.54 Å². The Balaban J connectivity index is 1.91. The van der Waals surface area contributed by atoms with E-state index in [1.54, 1.807) is 0 Å². The highest BCUT2D eigenvalue weighted by Gasteiger charge is 2.47. The van der Waals surface area contributed by atoms with Crippen molar-refractivity contribution in [2.45, 2.75) is 31.2 Å². The van der Waals surface area contributed by atoms with Gasteiger partial charge >= 0.3 is 0 Å². The smallest absolute Gasteiger partial charge is 0.0725 e. The summed E-state index contributed by atoms with van der Waals surface area (Å²) in [6.07, 6.45) is 4.59. The summed E-state index contributed by atoms with van der Waals surface area (Å²) in [5.74, 6) is 0.480. The molecule has 23 heavy (non-hydrogen) atoms. The molecule has 0 saturated carbocycles. The number of benzene rings is 2. The molecule has 2 nitrogen and oxygen atoms in total. The van der Waals surface area contributed by atoms with Crippen molar-refractivity contribution in [1.82, 2.24) is 5.32 Å². The third-order valence-corrected chi connectivity index (χ3v) is 5.47. The van der Waals surface area contributed by atoms with Crippen molar-refractivity contribution in [2.75, 3.05) is 13.2 Å². The molecule has 3 unspecified atom stereocenters. The van der Waals surface area contributed by atoms with E-state index in [9.17, 15) is 5.11 Å². The fourth-order valence-electron chi connectivity index (χ4n) is 4.31. The monoisotopic (exact) mass is 305 g/mol. The summed E-state index contributed by atoms with van der Waals surface area (Å²) in [7, 11) is 0. The van der Waals surface area contributed by atoms with E-state index in [1.807, 2.05) is 0 Å². The van der Waals surface area contributed by atoms with Crippen LogP contribution in [0, 0.1) is 13.8 Å². The fourth-order valence-corrected chi connectivity index (χ4v) is 4.31. The molecule has 1 heterocycles. The van der Waals surface area contributed by atoms with Crippen molar-refractivity contribution in [2.24, 2.45) is 0 Å². The van der Waals surface area contributed by atoms with Gasteiger partial charge in [-0.3, -0.25) is 0 Å². The normalized spacial score (nSPS) is 28.5. The molecule has 2 aliphatic rings. The van der Waals surface area contributed by atoms with Crippen LogP contribution in [-0.2, 0) is 5.54 Å². The number of hydrogen-bond acceptors (Lipinski definition) is 2. The molecule has 0 saturated heterocycles. The van der Waals surface area contributed by atoms with Gasteiger partial charge in [0.15, 0.2) is 0 Å². The Morgan fingerprint density at radius 3 is 2.61 bits per heavy atom. The third kappa shape index (κ3) is 2.09. The third-order valence-electron chi connectivity index (χ3n) is 5.47. The van der Waals surface area contributed by atoms with Crippen LogP contribution in [0.3, 0.4) is 0 Å². The SMILES string of the molecule is Cc1cc(C)c2c(c1)C(CO)CNC1(c3ccccc3)C=CC21. The first-order valence-electron chi connectivity index (χ1n) is 8.37. The highest BCUT2D eigenvalue weighted by molar-refractivity contribution is 5.55. The van der Waals surface area contributed by atoms with Crippen LogP contribution in [0.4, 0.5) is 0 Å². The summed E-state index contributed by atoms with van der Waals surface area (Å²) in [4.78, 5) is 0. The van der Waals surface area contributed by atoms with E-state index in [-0.39, 0.29) is 18.1 Å². The molecule has 3 atom stereocenters. The van der Waals surface area contributed by atoms with Crippen LogP contribution in [0.2, 0.25) is 0 Å². The van der Waals surface area contributed by atoms with Gasteiger partial charge in [-0.15, -0.1) is 0 Å². The second-order valence-electron chi connectivity index (χ2n) is 6.92. The molecule has 0 aromatic heterocycles. The minimum atomic E-state index is -0.139. The van der Waals surface area contributed by atoms with E-state index in [4.69, 9.17) is 0 Å². The van der Waals surface area contributed by atoms with E-state index in [2.05, 4.69) is 73.8 Å². The molecule has 1 aliphatic heterocycles. The molecular formula is C21H23NO. The fraction of sp³-hybridized carbons (Fsp3) is 0.333. The van der Waals surface area contributed by atoms with Crippen LogP contribution >= 0.6 is 0 Å². The lowest BCUT2D eigenvalue weighted by molar-refractivity contribution is 0.252. The predicted octanol–water partition coefficient (Wildman–Crippen LogP) is 3.53. The Labute approximate surface area is 137 Å². The molecule has 2 heteroatoms. The van der Waals surface area contributed by atoms with Gasteiger partial charge < -0.3 is 10.4 Å². The lowest BCUT2D eigenvalue weighted by Crippen LogP contribution is -2.49. The topological polar surface area (TPSA) is 32.3 Å². The van der Waals surface area contributed by atoms with Gasteiger partial charge in [-0.05, 0) is 36.1 Å². The summed E-state index contributed by atoms with van der Waals surface area (Å²) in [6, 6.07) is 15.2. The molecular weight excluding hydrogens is 282 g/mol. The zero-order valence-electron chi connectivity index (χ0n) is 13.7. The van der Waals surface area contributed by atoms with E-state index in [0.29, 0.717) is 5.92 Å². The maximum atomic E-state index is 9.93. The number of aliphatic hydroxyl groups excluding tert-OH is 1. The molecule has 1 aliphatic carbocycles. The number of aliphatic hydroxyl groups is 1. The van der Waals surface area contributed by atoms with Crippen molar-refractivity contribution in [3.63, 3.8) is 0 Å². The zero-order valence-corrected chi connectivity index (χ0v) is 13.7. The molecule has 0 spiro atoms. The van der Waals surface area contributed by atoms with E-state index < -0.39 is 0 Å². The predicted molar refractivity (Wildman–Crippen MR) is 93.7 cm³/mol. The van der Waals surface area contributed by atoms with E-state index >= 15 is 0 Å². The highest BCUT2D eigenvalue weighted by Crippen LogP contribution is 2.51. The number of hydrogen-bond donors (Lipinski definition) is 2. The quantitative estimate of drug-likeness (QED) is 0.832. The molecule has 118 valence electrons. The summed E-state index contributed by atoms with van der Waals surface area (Å²) in [6.45, 7) is 5.32. The van der Waals surface area contributed by atoms with Crippen molar-refractivity contribution >= 4 is 0 Å². The van der Waals surface area contributed by atoms with Crippen LogP contribution in [0.15, 0.2) is 54.6 Å². The molecule has 2 aromatic carbocycles. The molecule has 2 aromatic rings. The molecule has 0 bridgehead atoms. The Hall–Kier alpha value is -1.90. The van der Waals surface area contributed by atoms with Crippen LogP contribution in [0.5, 0.6) is 0 Å². The standard InChI is InChI=1S/C21H23NO/c1-14-10-15(2)20-18(11-14)16(13-23)12-22-21(9-8-19(20)21)17-6-4-3-5-7-17/h3-11,16,19,22-23H,12-13H2,1-2H3. The second kappa shape index (κ2) is 5.33. The van der Waals surface area contributed by atoms with Crippen molar-refractivity contribution in [3.8, 4) is 0 Å².